The summed E-state index contributed by atoms with van der Waals surface area (Å²) < 4.78 is 14.0. The SMILES string of the molecule is CN1C(=O)CCc2ccc(NC(=O)c3ccc(-c4cccc(F)c4)c(CN4CCCCC4)c3)cc21.Cl. The summed E-state index contributed by atoms with van der Waals surface area (Å²) in [6.45, 7) is 2.78. The lowest BCUT2D eigenvalue weighted by Crippen LogP contribution is -2.31. The number of hydrogen-bond donors (Lipinski definition) is 1. The number of fused-ring (bicyclic) bond motifs is 1. The molecule has 188 valence electrons. The molecule has 0 atom stereocenters. The van der Waals surface area contributed by atoms with Crippen molar-refractivity contribution in [2.24, 2.45) is 0 Å². The van der Waals surface area contributed by atoms with Gasteiger partial charge in [0, 0.05) is 37.0 Å². The van der Waals surface area contributed by atoms with Crippen LogP contribution in [0.5, 0.6) is 0 Å². The summed E-state index contributed by atoms with van der Waals surface area (Å²) in [6, 6.07) is 18.0. The molecule has 0 bridgehead atoms. The third-order valence-corrected chi connectivity index (χ3v) is 7.03. The molecule has 2 heterocycles. The third kappa shape index (κ3) is 5.61. The number of anilines is 2. The number of piperidine rings is 1. The molecule has 0 aromatic heterocycles. The molecule has 2 aliphatic heterocycles. The van der Waals surface area contributed by atoms with Gasteiger partial charge in [0.15, 0.2) is 0 Å². The highest BCUT2D eigenvalue weighted by atomic mass is 35.5. The lowest BCUT2D eigenvalue weighted by molar-refractivity contribution is -0.118. The molecule has 0 radical (unpaired) electrons. The Kier molecular flexibility index (Phi) is 8.07. The maximum atomic E-state index is 14.0. The number of rotatable bonds is 5. The molecule has 1 saturated heterocycles. The number of halogens is 2. The molecular formula is C29H31ClFN3O2. The number of hydrogen-bond acceptors (Lipinski definition) is 3. The highest BCUT2D eigenvalue weighted by Crippen LogP contribution is 2.31. The maximum absolute atomic E-state index is 14.0. The van der Waals surface area contributed by atoms with Crippen LogP contribution in [0.2, 0.25) is 0 Å². The third-order valence-electron chi connectivity index (χ3n) is 7.03. The van der Waals surface area contributed by atoms with E-state index in [0.29, 0.717) is 24.1 Å². The minimum Gasteiger partial charge on any atom is -0.322 e. The van der Waals surface area contributed by atoms with Crippen LogP contribution < -0.4 is 10.2 Å². The predicted octanol–water partition coefficient (Wildman–Crippen LogP) is 6.06. The van der Waals surface area contributed by atoms with Crippen LogP contribution in [-0.2, 0) is 17.8 Å². The van der Waals surface area contributed by atoms with Crippen LogP contribution in [0.15, 0.2) is 60.7 Å². The van der Waals surface area contributed by atoms with Gasteiger partial charge in [0.25, 0.3) is 5.91 Å². The second kappa shape index (κ2) is 11.2. The van der Waals surface area contributed by atoms with Gasteiger partial charge in [-0.25, -0.2) is 4.39 Å². The lowest BCUT2D eigenvalue weighted by Gasteiger charge is -2.27. The Balaban J connectivity index is 0.00000304. The number of amides is 2. The minimum absolute atomic E-state index is 0. The summed E-state index contributed by atoms with van der Waals surface area (Å²) in [7, 11) is 1.77. The molecular weight excluding hydrogens is 477 g/mol. The fraction of sp³-hybridized carbons (Fsp3) is 0.310. The molecule has 0 unspecified atom stereocenters. The molecule has 2 aliphatic rings. The minimum atomic E-state index is -0.274. The van der Waals surface area contributed by atoms with Gasteiger partial charge in [0.1, 0.15) is 5.82 Å². The Morgan fingerprint density at radius 1 is 0.972 bits per heavy atom. The smallest absolute Gasteiger partial charge is 0.255 e. The Morgan fingerprint density at radius 2 is 1.78 bits per heavy atom. The van der Waals surface area contributed by atoms with Crippen molar-refractivity contribution in [3.05, 3.63) is 83.2 Å². The van der Waals surface area contributed by atoms with Gasteiger partial charge in [0.2, 0.25) is 5.91 Å². The van der Waals surface area contributed by atoms with Crippen molar-refractivity contribution in [3.8, 4) is 11.1 Å². The van der Waals surface area contributed by atoms with Gasteiger partial charge in [-0.3, -0.25) is 14.5 Å². The van der Waals surface area contributed by atoms with Crippen molar-refractivity contribution in [1.29, 1.82) is 0 Å². The van der Waals surface area contributed by atoms with Crippen LogP contribution in [0.3, 0.4) is 0 Å². The zero-order valence-corrected chi connectivity index (χ0v) is 21.2. The topological polar surface area (TPSA) is 52.7 Å². The van der Waals surface area contributed by atoms with E-state index in [2.05, 4.69) is 10.2 Å². The van der Waals surface area contributed by atoms with E-state index in [1.165, 1.54) is 25.3 Å². The van der Waals surface area contributed by atoms with Gasteiger partial charge < -0.3 is 10.2 Å². The van der Waals surface area contributed by atoms with Crippen LogP contribution in [0, 0.1) is 5.82 Å². The highest BCUT2D eigenvalue weighted by Gasteiger charge is 2.22. The second-order valence-electron chi connectivity index (χ2n) is 9.47. The van der Waals surface area contributed by atoms with E-state index in [1.807, 2.05) is 36.4 Å². The van der Waals surface area contributed by atoms with Gasteiger partial charge in [-0.15, -0.1) is 12.4 Å². The molecule has 36 heavy (non-hydrogen) atoms. The normalized spacial score (nSPS) is 15.7. The molecule has 0 saturated carbocycles. The van der Waals surface area contributed by atoms with Crippen LogP contribution in [-0.4, -0.2) is 36.9 Å². The van der Waals surface area contributed by atoms with Gasteiger partial charge in [-0.05, 0) is 91.0 Å². The van der Waals surface area contributed by atoms with Crippen LogP contribution in [0.25, 0.3) is 11.1 Å². The molecule has 1 fully saturated rings. The quantitative estimate of drug-likeness (QED) is 0.456. The van der Waals surface area contributed by atoms with E-state index >= 15 is 0 Å². The predicted molar refractivity (Wildman–Crippen MR) is 144 cm³/mol. The van der Waals surface area contributed by atoms with E-state index in [0.717, 1.165) is 47.6 Å². The number of nitrogens with one attached hydrogen (secondary N) is 1. The Labute approximate surface area is 217 Å². The Bertz CT molecular complexity index is 1270. The molecule has 5 nitrogen and oxygen atoms in total. The van der Waals surface area contributed by atoms with E-state index < -0.39 is 0 Å². The number of nitrogens with zero attached hydrogens (tertiary/aromatic N) is 2. The van der Waals surface area contributed by atoms with E-state index in [4.69, 9.17) is 0 Å². The average molecular weight is 508 g/mol. The monoisotopic (exact) mass is 507 g/mol. The van der Waals surface area contributed by atoms with Crippen molar-refractivity contribution in [2.45, 2.75) is 38.6 Å². The summed E-state index contributed by atoms with van der Waals surface area (Å²) in [6.07, 6.45) is 4.81. The number of carbonyl (C=O) groups excluding carboxylic acids is 2. The number of benzene rings is 3. The molecule has 3 aromatic rings. The first-order chi connectivity index (χ1) is 17.0. The molecule has 2 amide bonds. The zero-order valence-electron chi connectivity index (χ0n) is 20.4. The fourth-order valence-corrected chi connectivity index (χ4v) is 5.07. The second-order valence-corrected chi connectivity index (χ2v) is 9.47. The van der Waals surface area contributed by atoms with Gasteiger partial charge >= 0.3 is 0 Å². The summed E-state index contributed by atoms with van der Waals surface area (Å²) >= 11 is 0. The highest BCUT2D eigenvalue weighted by molar-refractivity contribution is 6.05. The average Bonchev–Trinajstić information content (AvgIpc) is 2.87. The molecule has 1 N–H and O–H groups in total. The standard InChI is InChI=1S/C29H30FN3O2.ClH/c1-32-27-18-25(11-8-20(27)10-13-28(32)34)31-29(35)22-9-12-26(21-6-5-7-24(30)17-21)23(16-22)19-33-14-3-2-4-15-33;/h5-9,11-12,16-18H,2-4,10,13-15,19H2,1H3,(H,31,35);1H. The van der Waals surface area contributed by atoms with Crippen LogP contribution >= 0.6 is 12.4 Å². The van der Waals surface area contributed by atoms with E-state index in [-0.39, 0.29) is 30.0 Å². The Hall–Kier alpha value is -3.22. The molecule has 0 spiro atoms. The first kappa shape index (κ1) is 25.9. The summed E-state index contributed by atoms with van der Waals surface area (Å²) in [5.74, 6) is -0.402. The van der Waals surface area contributed by atoms with E-state index in [1.54, 1.807) is 30.1 Å². The number of likely N-dealkylation sites (tertiary alicyclic amines) is 1. The van der Waals surface area contributed by atoms with Gasteiger partial charge in [0.05, 0.1) is 0 Å². The summed E-state index contributed by atoms with van der Waals surface area (Å²) in [5.41, 5.74) is 5.92. The van der Waals surface area contributed by atoms with Crippen molar-refractivity contribution >= 4 is 35.6 Å². The van der Waals surface area contributed by atoms with Gasteiger partial charge in [-0.1, -0.05) is 30.7 Å². The van der Waals surface area contributed by atoms with Crippen molar-refractivity contribution in [1.82, 2.24) is 4.90 Å². The summed E-state index contributed by atoms with van der Waals surface area (Å²) in [5, 5.41) is 2.99. The Morgan fingerprint density at radius 3 is 2.56 bits per heavy atom. The molecule has 5 rings (SSSR count). The van der Waals surface area contributed by atoms with Gasteiger partial charge in [-0.2, -0.15) is 0 Å². The van der Waals surface area contributed by atoms with Crippen LogP contribution in [0.1, 0.15) is 47.2 Å². The molecule has 3 aromatic carbocycles. The van der Waals surface area contributed by atoms with Crippen molar-refractivity contribution in [2.75, 3.05) is 30.4 Å². The fourth-order valence-electron chi connectivity index (χ4n) is 5.07. The van der Waals surface area contributed by atoms with Crippen molar-refractivity contribution in [3.63, 3.8) is 0 Å². The van der Waals surface area contributed by atoms with Crippen molar-refractivity contribution < 1.29 is 14.0 Å². The number of carbonyl (C=O) groups is 2. The van der Waals surface area contributed by atoms with Crippen LogP contribution in [0.4, 0.5) is 15.8 Å². The first-order valence-electron chi connectivity index (χ1n) is 12.3. The number of aryl methyl sites for hydroxylation is 1. The summed E-state index contributed by atoms with van der Waals surface area (Å²) in [4.78, 5) is 29.4. The molecule has 7 heteroatoms. The first-order valence-corrected chi connectivity index (χ1v) is 12.3. The molecule has 0 aliphatic carbocycles. The lowest BCUT2D eigenvalue weighted by atomic mass is 9.96. The largest absolute Gasteiger partial charge is 0.322 e. The maximum Gasteiger partial charge on any atom is 0.255 e. The van der Waals surface area contributed by atoms with E-state index in [9.17, 15) is 14.0 Å². The zero-order chi connectivity index (χ0) is 24.4.